The minimum absolute atomic E-state index is 0.0263. The number of nitrogens with two attached hydrogens (primary N) is 1. The Hall–Kier alpha value is -0.890. The van der Waals surface area contributed by atoms with E-state index in [4.69, 9.17) is 5.73 Å². The fourth-order valence-electron chi connectivity index (χ4n) is 1.21. The Labute approximate surface area is 78.8 Å². The van der Waals surface area contributed by atoms with Crippen molar-refractivity contribution in [1.82, 2.24) is 0 Å². The van der Waals surface area contributed by atoms with Crippen molar-refractivity contribution in [3.8, 4) is 0 Å². The van der Waals surface area contributed by atoms with Gasteiger partial charge in [-0.15, -0.1) is 0 Å². The summed E-state index contributed by atoms with van der Waals surface area (Å²) in [4.78, 5) is 0. The fraction of sp³-hybridized carbons (Fsp3) is 0.455. The van der Waals surface area contributed by atoms with Crippen LogP contribution in [0.15, 0.2) is 24.3 Å². The van der Waals surface area contributed by atoms with Crippen molar-refractivity contribution >= 4 is 0 Å². The lowest BCUT2D eigenvalue weighted by Gasteiger charge is -2.18. The summed E-state index contributed by atoms with van der Waals surface area (Å²) >= 11 is 0. The van der Waals surface area contributed by atoms with Gasteiger partial charge in [-0.3, -0.25) is 0 Å². The largest absolute Gasteiger partial charge is 0.327 e. The van der Waals surface area contributed by atoms with E-state index in [9.17, 15) is 4.39 Å². The highest BCUT2D eigenvalue weighted by Crippen LogP contribution is 2.24. The van der Waals surface area contributed by atoms with Crippen molar-refractivity contribution in [3.05, 3.63) is 35.4 Å². The number of hydrogen-bond donors (Lipinski definition) is 1. The number of aryl methyl sites for hydroxylation is 1. The second-order valence-corrected chi connectivity index (χ2v) is 3.45. The number of halogens is 1. The molecule has 1 aromatic rings. The Bertz CT molecular complexity index is 264. The van der Waals surface area contributed by atoms with Crippen molar-refractivity contribution in [2.45, 2.75) is 25.9 Å². The highest BCUT2D eigenvalue weighted by atomic mass is 19.1. The van der Waals surface area contributed by atoms with Crippen LogP contribution in [0.5, 0.6) is 0 Å². The van der Waals surface area contributed by atoms with Crippen LogP contribution in [0.2, 0.25) is 0 Å². The van der Waals surface area contributed by atoms with Crippen molar-refractivity contribution in [3.63, 3.8) is 0 Å². The molecule has 0 bridgehead atoms. The monoisotopic (exact) mass is 181 g/mol. The first-order valence-corrected chi connectivity index (χ1v) is 4.58. The first-order chi connectivity index (χ1) is 6.10. The van der Waals surface area contributed by atoms with Gasteiger partial charge in [0.2, 0.25) is 0 Å². The van der Waals surface area contributed by atoms with Crippen molar-refractivity contribution < 1.29 is 4.39 Å². The van der Waals surface area contributed by atoms with Crippen LogP contribution in [0.4, 0.5) is 4.39 Å². The van der Waals surface area contributed by atoms with E-state index in [0.29, 0.717) is 5.56 Å². The molecule has 0 saturated heterocycles. The van der Waals surface area contributed by atoms with Crippen LogP contribution >= 0.6 is 0 Å². The van der Waals surface area contributed by atoms with Crippen LogP contribution in [0.1, 0.15) is 25.0 Å². The molecule has 1 aromatic carbocycles. The summed E-state index contributed by atoms with van der Waals surface area (Å²) < 4.78 is 13.7. The lowest BCUT2D eigenvalue weighted by Crippen LogP contribution is -2.26. The molecule has 0 radical (unpaired) electrons. The summed E-state index contributed by atoms with van der Waals surface area (Å²) in [6.07, 6.45) is 0.978. The number of alkyl halides is 1. The average Bonchev–Trinajstić information content (AvgIpc) is 2.18. The van der Waals surface area contributed by atoms with Gasteiger partial charge in [-0.2, -0.15) is 0 Å². The van der Waals surface area contributed by atoms with Gasteiger partial charge >= 0.3 is 0 Å². The van der Waals surface area contributed by atoms with E-state index in [-0.39, 0.29) is 6.54 Å². The van der Waals surface area contributed by atoms with Gasteiger partial charge in [-0.1, -0.05) is 31.2 Å². The number of hydrogen-bond acceptors (Lipinski definition) is 1. The zero-order chi connectivity index (χ0) is 9.90. The Kier molecular flexibility index (Phi) is 3.04. The van der Waals surface area contributed by atoms with E-state index < -0.39 is 5.67 Å². The van der Waals surface area contributed by atoms with Gasteiger partial charge in [-0.25, -0.2) is 4.39 Å². The van der Waals surface area contributed by atoms with Crippen LogP contribution in [0.3, 0.4) is 0 Å². The fourth-order valence-corrected chi connectivity index (χ4v) is 1.21. The van der Waals surface area contributed by atoms with Gasteiger partial charge in [0.05, 0.1) is 0 Å². The smallest absolute Gasteiger partial charge is 0.145 e. The summed E-state index contributed by atoms with van der Waals surface area (Å²) in [5.74, 6) is 0. The highest BCUT2D eigenvalue weighted by molar-refractivity contribution is 5.27. The minimum atomic E-state index is -1.40. The van der Waals surface area contributed by atoms with E-state index in [0.717, 1.165) is 6.42 Å². The minimum Gasteiger partial charge on any atom is -0.327 e. The summed E-state index contributed by atoms with van der Waals surface area (Å²) in [6, 6.07) is 7.52. The van der Waals surface area contributed by atoms with Crippen LogP contribution in [-0.4, -0.2) is 6.54 Å². The van der Waals surface area contributed by atoms with Crippen molar-refractivity contribution in [2.24, 2.45) is 5.73 Å². The van der Waals surface area contributed by atoms with Gasteiger partial charge in [0.15, 0.2) is 0 Å². The van der Waals surface area contributed by atoms with Crippen LogP contribution in [-0.2, 0) is 12.1 Å². The molecule has 0 aliphatic heterocycles. The Morgan fingerprint density at radius 3 is 2.23 bits per heavy atom. The molecule has 13 heavy (non-hydrogen) atoms. The molecule has 1 rings (SSSR count). The third kappa shape index (κ3) is 2.28. The molecular weight excluding hydrogens is 165 g/mol. The van der Waals surface area contributed by atoms with Crippen LogP contribution in [0.25, 0.3) is 0 Å². The second-order valence-electron chi connectivity index (χ2n) is 3.45. The maximum atomic E-state index is 13.7. The lowest BCUT2D eigenvalue weighted by atomic mass is 9.97. The Balaban J connectivity index is 2.92. The predicted octanol–water partition coefficient (Wildman–Crippen LogP) is 2.39. The molecule has 2 heteroatoms. The van der Waals surface area contributed by atoms with Gasteiger partial charge in [0.1, 0.15) is 5.67 Å². The molecule has 0 unspecified atom stereocenters. The zero-order valence-corrected chi connectivity index (χ0v) is 8.18. The third-order valence-corrected chi connectivity index (χ3v) is 2.35. The summed E-state index contributed by atoms with van der Waals surface area (Å²) in [6.45, 7) is 3.61. The quantitative estimate of drug-likeness (QED) is 0.761. The Morgan fingerprint density at radius 1 is 1.31 bits per heavy atom. The molecule has 0 aromatic heterocycles. The van der Waals surface area contributed by atoms with Gasteiger partial charge in [0, 0.05) is 6.54 Å². The lowest BCUT2D eigenvalue weighted by molar-refractivity contribution is 0.203. The third-order valence-electron chi connectivity index (χ3n) is 2.35. The zero-order valence-electron chi connectivity index (χ0n) is 8.18. The molecule has 0 heterocycles. The van der Waals surface area contributed by atoms with E-state index in [1.54, 1.807) is 0 Å². The predicted molar refractivity (Wildman–Crippen MR) is 53.3 cm³/mol. The van der Waals surface area contributed by atoms with Gasteiger partial charge < -0.3 is 5.73 Å². The van der Waals surface area contributed by atoms with E-state index in [1.807, 2.05) is 24.3 Å². The van der Waals surface area contributed by atoms with Gasteiger partial charge in [0.25, 0.3) is 0 Å². The second kappa shape index (κ2) is 3.88. The Morgan fingerprint density at radius 2 is 1.85 bits per heavy atom. The van der Waals surface area contributed by atoms with Crippen LogP contribution in [0, 0.1) is 0 Å². The van der Waals surface area contributed by atoms with Gasteiger partial charge in [-0.05, 0) is 24.5 Å². The van der Waals surface area contributed by atoms with Crippen molar-refractivity contribution in [1.29, 1.82) is 0 Å². The number of rotatable bonds is 3. The summed E-state index contributed by atoms with van der Waals surface area (Å²) in [7, 11) is 0. The standard InChI is InChI=1S/C11H16FN/c1-3-9-4-6-10(7-5-9)11(2,12)8-13/h4-7H,3,8,13H2,1-2H3/t11-/m0/s1. The molecule has 0 aliphatic carbocycles. The SMILES string of the molecule is CCc1ccc([C@@](C)(F)CN)cc1. The first-order valence-electron chi connectivity index (χ1n) is 4.58. The maximum Gasteiger partial charge on any atom is 0.145 e. The first kappa shape index (κ1) is 10.2. The maximum absolute atomic E-state index is 13.7. The van der Waals surface area contributed by atoms with Crippen molar-refractivity contribution in [2.75, 3.05) is 6.54 Å². The molecule has 1 nitrogen and oxygen atoms in total. The molecule has 1 atom stereocenters. The molecule has 0 saturated carbocycles. The molecule has 72 valence electrons. The summed E-state index contributed by atoms with van der Waals surface area (Å²) in [5, 5.41) is 0. The molecular formula is C11H16FN. The molecule has 2 N–H and O–H groups in total. The molecule has 0 fully saturated rings. The van der Waals surface area contributed by atoms with E-state index >= 15 is 0 Å². The van der Waals surface area contributed by atoms with E-state index in [1.165, 1.54) is 12.5 Å². The normalized spacial score (nSPS) is 15.4. The molecule has 0 aliphatic rings. The summed E-state index contributed by atoms with van der Waals surface area (Å²) in [5.41, 5.74) is 5.82. The highest BCUT2D eigenvalue weighted by Gasteiger charge is 2.22. The number of benzene rings is 1. The van der Waals surface area contributed by atoms with E-state index in [2.05, 4.69) is 6.92 Å². The van der Waals surface area contributed by atoms with Crippen LogP contribution < -0.4 is 5.73 Å². The topological polar surface area (TPSA) is 26.0 Å². The molecule has 0 spiro atoms. The molecule has 0 amide bonds. The average molecular weight is 181 g/mol.